The Kier molecular flexibility index (Phi) is 6.44. The van der Waals surface area contributed by atoms with Gasteiger partial charge in [-0.3, -0.25) is 14.1 Å². The molecule has 0 amide bonds. The topological polar surface area (TPSA) is 83.2 Å². The van der Waals surface area contributed by atoms with Crippen molar-refractivity contribution < 1.29 is 13.9 Å². The van der Waals surface area contributed by atoms with Crippen LogP contribution in [0.25, 0.3) is 22.1 Å². The van der Waals surface area contributed by atoms with E-state index in [-0.39, 0.29) is 23.1 Å². The lowest BCUT2D eigenvalue weighted by Gasteiger charge is -2.49. The molecule has 3 unspecified atom stereocenters. The van der Waals surface area contributed by atoms with Crippen molar-refractivity contribution in [3.05, 3.63) is 64.0 Å². The van der Waals surface area contributed by atoms with Gasteiger partial charge in [-0.15, -0.1) is 0 Å². The third-order valence-electron chi connectivity index (χ3n) is 8.66. The molecule has 200 valence electrons. The molecule has 2 fully saturated rings. The fourth-order valence-corrected chi connectivity index (χ4v) is 6.46. The predicted octanol–water partition coefficient (Wildman–Crippen LogP) is 4.02. The van der Waals surface area contributed by atoms with Crippen LogP contribution in [0.4, 0.5) is 4.39 Å². The minimum Gasteiger partial charge on any atom is -0.481 e. The van der Waals surface area contributed by atoms with Crippen LogP contribution >= 0.6 is 0 Å². The molecule has 2 aliphatic rings. The van der Waals surface area contributed by atoms with E-state index in [1.807, 2.05) is 19.2 Å². The van der Waals surface area contributed by atoms with Gasteiger partial charge in [0.25, 0.3) is 0 Å². The Labute approximate surface area is 220 Å². The summed E-state index contributed by atoms with van der Waals surface area (Å²) >= 11 is 0. The zero-order valence-electron chi connectivity index (χ0n) is 22.2. The highest BCUT2D eigenvalue weighted by Crippen LogP contribution is 2.44. The maximum Gasteiger partial charge on any atom is 0.328 e. The second-order valence-corrected chi connectivity index (χ2v) is 10.9. The van der Waals surface area contributed by atoms with E-state index in [0.717, 1.165) is 48.8 Å². The molecular formula is C29H34FN5O3. The van der Waals surface area contributed by atoms with Crippen LogP contribution in [-0.2, 0) is 31.8 Å². The van der Waals surface area contributed by atoms with Crippen molar-refractivity contribution in [2.75, 3.05) is 13.7 Å². The molecule has 2 bridgehead atoms. The maximum absolute atomic E-state index is 14.9. The third kappa shape index (κ3) is 4.37. The molecule has 9 heteroatoms. The van der Waals surface area contributed by atoms with Gasteiger partial charge >= 0.3 is 5.69 Å². The SMILES string of the molecule is COc1ccc2ncc(F)c(CCC34CCCC(C3)C(NCc3ccc5c(c3)n(C)c(=O)n5C)CO4)c2n1. The molecule has 0 spiro atoms. The van der Waals surface area contributed by atoms with E-state index < -0.39 is 0 Å². The number of fused-ring (bicyclic) bond motifs is 4. The van der Waals surface area contributed by atoms with Crippen LogP contribution < -0.4 is 15.7 Å². The molecule has 6 rings (SSSR count). The molecule has 8 nitrogen and oxygen atoms in total. The number of rotatable bonds is 7. The van der Waals surface area contributed by atoms with Crippen molar-refractivity contribution in [2.24, 2.45) is 20.0 Å². The average molecular weight is 520 g/mol. The minimum atomic E-state index is -0.328. The summed E-state index contributed by atoms with van der Waals surface area (Å²) in [6, 6.07) is 10.0. The van der Waals surface area contributed by atoms with E-state index in [9.17, 15) is 9.18 Å². The number of aryl methyl sites for hydroxylation is 3. The first-order chi connectivity index (χ1) is 18.4. The van der Waals surface area contributed by atoms with E-state index in [4.69, 9.17) is 9.47 Å². The van der Waals surface area contributed by atoms with Gasteiger partial charge in [-0.1, -0.05) is 12.5 Å². The Morgan fingerprint density at radius 2 is 2.05 bits per heavy atom. The average Bonchev–Trinajstić information content (AvgIpc) is 3.15. The summed E-state index contributed by atoms with van der Waals surface area (Å²) in [6.07, 6.45) is 6.83. The van der Waals surface area contributed by atoms with E-state index in [1.165, 1.54) is 12.6 Å². The summed E-state index contributed by atoms with van der Waals surface area (Å²) in [5.74, 6) is 0.642. The molecule has 3 atom stereocenters. The molecule has 1 aromatic carbocycles. The second kappa shape index (κ2) is 9.78. The Bertz CT molecular complexity index is 1560. The molecule has 1 aliphatic heterocycles. The Hall–Kier alpha value is -3.30. The first-order valence-electron chi connectivity index (χ1n) is 13.4. The number of benzene rings is 1. The van der Waals surface area contributed by atoms with Crippen LogP contribution in [0.5, 0.6) is 5.88 Å². The zero-order valence-corrected chi connectivity index (χ0v) is 22.2. The number of methoxy groups -OCH3 is 1. The normalized spacial score (nSPS) is 23.3. The summed E-state index contributed by atoms with van der Waals surface area (Å²) in [5, 5.41) is 3.72. The fourth-order valence-electron chi connectivity index (χ4n) is 6.46. The van der Waals surface area contributed by atoms with Gasteiger partial charge in [0.2, 0.25) is 5.88 Å². The number of nitrogens with one attached hydrogen (secondary N) is 1. The first kappa shape index (κ1) is 25.0. The molecule has 1 saturated heterocycles. The third-order valence-corrected chi connectivity index (χ3v) is 8.66. The van der Waals surface area contributed by atoms with Gasteiger partial charge in [0, 0.05) is 38.3 Å². The van der Waals surface area contributed by atoms with Gasteiger partial charge < -0.3 is 14.8 Å². The van der Waals surface area contributed by atoms with Crippen molar-refractivity contribution >= 4 is 22.1 Å². The molecule has 1 saturated carbocycles. The standard InChI is InChI=1S/C29H34FN5O3/c1-34-24-8-6-18(13-25(24)35(2)28(34)36)15-31-23-17-38-29(11-4-5-19(23)14-29)12-10-20-21(30)16-32-22-7-9-26(37-3)33-27(20)22/h6-9,13,16,19,23,31H,4-5,10-12,14-15,17H2,1-3H3. The number of hydrogen-bond acceptors (Lipinski definition) is 6. The second-order valence-electron chi connectivity index (χ2n) is 10.9. The maximum atomic E-state index is 14.9. The van der Waals surface area contributed by atoms with Gasteiger partial charge in [-0.25, -0.2) is 14.2 Å². The predicted molar refractivity (Wildman–Crippen MR) is 144 cm³/mol. The highest BCUT2D eigenvalue weighted by atomic mass is 19.1. The van der Waals surface area contributed by atoms with Gasteiger partial charge in [0.1, 0.15) is 5.82 Å². The zero-order chi connectivity index (χ0) is 26.4. The molecule has 0 radical (unpaired) electrons. The van der Waals surface area contributed by atoms with Crippen molar-refractivity contribution in [3.63, 3.8) is 0 Å². The summed E-state index contributed by atoms with van der Waals surface area (Å²) < 4.78 is 30.1. The summed E-state index contributed by atoms with van der Waals surface area (Å²) in [5.41, 5.74) is 4.60. The number of nitrogens with zero attached hydrogens (tertiary/aromatic N) is 4. The van der Waals surface area contributed by atoms with Gasteiger partial charge in [0.05, 0.1) is 47.6 Å². The van der Waals surface area contributed by atoms with Crippen LogP contribution in [0.15, 0.2) is 41.3 Å². The van der Waals surface area contributed by atoms with Crippen LogP contribution in [0.1, 0.15) is 43.2 Å². The van der Waals surface area contributed by atoms with Gasteiger partial charge in [0.15, 0.2) is 0 Å². The van der Waals surface area contributed by atoms with Crippen LogP contribution in [0.3, 0.4) is 0 Å². The van der Waals surface area contributed by atoms with Crippen LogP contribution in [0.2, 0.25) is 0 Å². The first-order valence-corrected chi connectivity index (χ1v) is 13.4. The van der Waals surface area contributed by atoms with Crippen molar-refractivity contribution in [1.29, 1.82) is 0 Å². The lowest BCUT2D eigenvalue weighted by Crippen LogP contribution is -2.54. The smallest absolute Gasteiger partial charge is 0.328 e. The van der Waals surface area contributed by atoms with Crippen molar-refractivity contribution in [1.82, 2.24) is 24.4 Å². The van der Waals surface area contributed by atoms with Gasteiger partial charge in [-0.05, 0) is 61.8 Å². The Morgan fingerprint density at radius 3 is 2.89 bits per heavy atom. The lowest BCUT2D eigenvalue weighted by atomic mass is 9.70. The molecule has 1 N–H and O–H groups in total. The molecule has 4 heterocycles. The summed E-state index contributed by atoms with van der Waals surface area (Å²) in [7, 11) is 5.17. The van der Waals surface area contributed by atoms with E-state index >= 15 is 0 Å². The Morgan fingerprint density at radius 1 is 1.21 bits per heavy atom. The number of halogens is 1. The largest absolute Gasteiger partial charge is 0.481 e. The molecule has 4 aromatic rings. The highest BCUT2D eigenvalue weighted by Gasteiger charge is 2.44. The van der Waals surface area contributed by atoms with E-state index in [2.05, 4.69) is 27.4 Å². The molecule has 1 aliphatic carbocycles. The minimum absolute atomic E-state index is 0.0149. The summed E-state index contributed by atoms with van der Waals surface area (Å²) in [4.78, 5) is 21.0. The Balaban J connectivity index is 1.14. The monoisotopic (exact) mass is 519 g/mol. The number of aromatic nitrogens is 4. The van der Waals surface area contributed by atoms with Crippen LogP contribution in [-0.4, -0.2) is 44.5 Å². The lowest BCUT2D eigenvalue weighted by molar-refractivity contribution is -0.139. The van der Waals surface area contributed by atoms with Crippen LogP contribution in [0, 0.1) is 11.7 Å². The summed E-state index contributed by atoms with van der Waals surface area (Å²) in [6.45, 7) is 1.36. The molecule has 38 heavy (non-hydrogen) atoms. The molecular weight excluding hydrogens is 485 g/mol. The van der Waals surface area contributed by atoms with Gasteiger partial charge in [-0.2, -0.15) is 0 Å². The number of hydrogen-bond donors (Lipinski definition) is 1. The van der Waals surface area contributed by atoms with Crippen molar-refractivity contribution in [2.45, 2.75) is 56.7 Å². The quantitative estimate of drug-likeness (QED) is 0.397. The number of imidazole rings is 1. The van der Waals surface area contributed by atoms with E-state index in [0.29, 0.717) is 41.4 Å². The fraction of sp³-hybridized carbons (Fsp3) is 0.483. The van der Waals surface area contributed by atoms with E-state index in [1.54, 1.807) is 29.4 Å². The number of ether oxygens (including phenoxy) is 2. The van der Waals surface area contributed by atoms with Crippen molar-refractivity contribution in [3.8, 4) is 5.88 Å². The highest BCUT2D eigenvalue weighted by molar-refractivity contribution is 5.78. The molecule has 3 aromatic heterocycles. The number of pyridine rings is 2.